The zero-order valence-corrected chi connectivity index (χ0v) is 17.6. The molecule has 1 unspecified atom stereocenters. The number of anilines is 2. The van der Waals surface area contributed by atoms with Gasteiger partial charge in [0.05, 0.1) is 11.4 Å². The van der Waals surface area contributed by atoms with E-state index in [4.69, 9.17) is 4.74 Å². The van der Waals surface area contributed by atoms with Crippen LogP contribution >= 0.6 is 11.3 Å². The monoisotopic (exact) mass is 414 g/mol. The van der Waals surface area contributed by atoms with E-state index in [-0.39, 0.29) is 18.4 Å². The minimum Gasteiger partial charge on any atom is -0.479 e. The second-order valence-electron chi connectivity index (χ2n) is 7.80. The number of hydrogen-bond acceptors (Lipinski definition) is 6. The highest BCUT2D eigenvalue weighted by Gasteiger charge is 2.32. The van der Waals surface area contributed by atoms with Crippen LogP contribution in [0.1, 0.15) is 32.4 Å². The number of ether oxygens (including phenoxy) is 1. The number of likely N-dealkylation sites (tertiary alicyclic amines) is 1. The van der Waals surface area contributed by atoms with Crippen LogP contribution in [0.15, 0.2) is 29.6 Å². The Bertz CT molecular complexity index is 892. The van der Waals surface area contributed by atoms with Gasteiger partial charge in [-0.25, -0.2) is 4.98 Å². The molecule has 2 aliphatic rings. The Hall–Kier alpha value is -2.45. The molecule has 1 atom stereocenters. The molecular formula is C21H26N4O3S. The smallest absolute Gasteiger partial charge is 0.268 e. The molecule has 2 aliphatic heterocycles. The first-order valence-electron chi connectivity index (χ1n) is 10.0. The minimum absolute atomic E-state index is 0.0670. The maximum atomic E-state index is 12.6. The van der Waals surface area contributed by atoms with Crippen molar-refractivity contribution in [2.75, 3.05) is 29.9 Å². The lowest BCUT2D eigenvalue weighted by Gasteiger charge is -2.32. The van der Waals surface area contributed by atoms with E-state index in [1.807, 2.05) is 17.5 Å². The van der Waals surface area contributed by atoms with Gasteiger partial charge in [-0.2, -0.15) is 0 Å². The summed E-state index contributed by atoms with van der Waals surface area (Å²) in [7, 11) is 0. The van der Waals surface area contributed by atoms with Crippen molar-refractivity contribution >= 4 is 34.0 Å². The number of thiazole rings is 1. The molecule has 0 radical (unpaired) electrons. The number of amides is 2. The second kappa shape index (κ2) is 8.51. The summed E-state index contributed by atoms with van der Waals surface area (Å²) >= 11 is 1.42. The number of fused-ring (bicyclic) bond motifs is 1. The molecule has 8 heteroatoms. The van der Waals surface area contributed by atoms with Gasteiger partial charge in [-0.05, 0) is 50.9 Å². The summed E-state index contributed by atoms with van der Waals surface area (Å²) < 4.78 is 5.62. The van der Waals surface area contributed by atoms with Gasteiger partial charge >= 0.3 is 0 Å². The van der Waals surface area contributed by atoms with Crippen molar-refractivity contribution in [3.05, 3.63) is 35.3 Å². The van der Waals surface area contributed by atoms with Crippen molar-refractivity contribution in [3.63, 3.8) is 0 Å². The molecule has 4 rings (SSSR count). The lowest BCUT2D eigenvalue weighted by Crippen LogP contribution is -2.47. The summed E-state index contributed by atoms with van der Waals surface area (Å²) in [6, 6.07) is 7.26. The van der Waals surface area contributed by atoms with E-state index in [2.05, 4.69) is 22.1 Å². The summed E-state index contributed by atoms with van der Waals surface area (Å²) in [5, 5.41) is 5.39. The first kappa shape index (κ1) is 19.8. The van der Waals surface area contributed by atoms with E-state index < -0.39 is 6.10 Å². The van der Waals surface area contributed by atoms with Gasteiger partial charge in [0.1, 0.15) is 12.3 Å². The first-order chi connectivity index (χ1) is 14.0. The Morgan fingerprint density at radius 3 is 2.83 bits per heavy atom. The highest BCUT2D eigenvalue weighted by molar-refractivity contribution is 7.13. The summed E-state index contributed by atoms with van der Waals surface area (Å²) in [6.07, 6.45) is 1.83. The number of para-hydroxylation sites is 2. The molecule has 154 valence electrons. The van der Waals surface area contributed by atoms with Crippen LogP contribution in [0.25, 0.3) is 0 Å². The molecule has 0 spiro atoms. The number of rotatable bonds is 5. The molecule has 1 saturated heterocycles. The predicted octanol–water partition coefficient (Wildman–Crippen LogP) is 3.13. The molecule has 0 aliphatic carbocycles. The van der Waals surface area contributed by atoms with Crippen LogP contribution in [-0.2, 0) is 16.1 Å². The van der Waals surface area contributed by atoms with E-state index in [9.17, 15) is 9.59 Å². The van der Waals surface area contributed by atoms with Crippen LogP contribution in [0, 0.1) is 5.92 Å². The molecule has 1 aromatic heterocycles. The van der Waals surface area contributed by atoms with Gasteiger partial charge in [0.15, 0.2) is 11.2 Å². The van der Waals surface area contributed by atoms with Crippen LogP contribution in [0.4, 0.5) is 10.8 Å². The van der Waals surface area contributed by atoms with Gasteiger partial charge in [-0.1, -0.05) is 19.1 Å². The molecule has 2 aromatic rings. The standard InChI is InChI=1S/C21H26N4O3S/c1-14-7-9-24(10-8-14)11-16-13-29-21(22-16)23-19(26)12-25-17-5-3-4-6-18(17)28-15(2)20(25)27/h3-6,13-15H,7-12H2,1-2H3,(H,22,23,26). The number of piperidine rings is 1. The van der Waals surface area contributed by atoms with Crippen molar-refractivity contribution < 1.29 is 14.3 Å². The molecule has 1 fully saturated rings. The Morgan fingerprint density at radius 2 is 2.03 bits per heavy atom. The molecule has 2 amide bonds. The highest BCUT2D eigenvalue weighted by Crippen LogP contribution is 2.33. The third-order valence-electron chi connectivity index (χ3n) is 5.44. The normalized spacial score (nSPS) is 20.3. The van der Waals surface area contributed by atoms with Gasteiger partial charge in [-0.15, -0.1) is 11.3 Å². The molecule has 0 saturated carbocycles. The molecule has 1 aromatic carbocycles. The van der Waals surface area contributed by atoms with Crippen LogP contribution in [-0.4, -0.2) is 47.4 Å². The van der Waals surface area contributed by atoms with E-state index in [0.29, 0.717) is 16.6 Å². The van der Waals surface area contributed by atoms with Gasteiger partial charge in [0, 0.05) is 11.9 Å². The third kappa shape index (κ3) is 4.59. The lowest BCUT2D eigenvalue weighted by atomic mass is 9.99. The number of carbonyl (C=O) groups is 2. The van der Waals surface area contributed by atoms with Crippen LogP contribution < -0.4 is 15.0 Å². The van der Waals surface area contributed by atoms with Gasteiger partial charge in [0.2, 0.25) is 5.91 Å². The Morgan fingerprint density at radius 1 is 1.28 bits per heavy atom. The fourth-order valence-corrected chi connectivity index (χ4v) is 4.43. The van der Waals surface area contributed by atoms with E-state index >= 15 is 0 Å². The largest absolute Gasteiger partial charge is 0.479 e. The Labute approximate surface area is 174 Å². The van der Waals surface area contributed by atoms with Gasteiger partial charge in [-0.3, -0.25) is 19.4 Å². The second-order valence-corrected chi connectivity index (χ2v) is 8.66. The number of carbonyl (C=O) groups excluding carboxylic acids is 2. The van der Waals surface area contributed by atoms with Crippen LogP contribution in [0.5, 0.6) is 5.75 Å². The molecule has 0 bridgehead atoms. The molecule has 3 heterocycles. The number of hydrogen-bond donors (Lipinski definition) is 1. The van der Waals surface area contributed by atoms with E-state index in [0.717, 1.165) is 31.2 Å². The van der Waals surface area contributed by atoms with Gasteiger partial charge < -0.3 is 10.1 Å². The van der Waals surface area contributed by atoms with Crippen LogP contribution in [0.2, 0.25) is 0 Å². The topological polar surface area (TPSA) is 74.8 Å². The fraction of sp³-hybridized carbons (Fsp3) is 0.476. The van der Waals surface area contributed by atoms with Crippen LogP contribution in [0.3, 0.4) is 0 Å². The fourth-order valence-electron chi connectivity index (χ4n) is 3.71. The maximum Gasteiger partial charge on any atom is 0.268 e. The number of nitrogens with zero attached hydrogens (tertiary/aromatic N) is 3. The molecule has 1 N–H and O–H groups in total. The predicted molar refractivity (Wildman–Crippen MR) is 113 cm³/mol. The van der Waals surface area contributed by atoms with Crippen molar-refractivity contribution in [3.8, 4) is 5.75 Å². The summed E-state index contributed by atoms with van der Waals surface area (Å²) in [4.78, 5) is 33.5. The average Bonchev–Trinajstić information content (AvgIpc) is 3.14. The SMILES string of the molecule is CC1CCN(Cc2csc(NC(=O)CN3C(=O)C(C)Oc4ccccc43)n2)CC1. The highest BCUT2D eigenvalue weighted by atomic mass is 32.1. The lowest BCUT2D eigenvalue weighted by molar-refractivity contribution is -0.127. The Balaban J connectivity index is 1.37. The molecule has 7 nitrogen and oxygen atoms in total. The average molecular weight is 415 g/mol. The number of nitrogens with one attached hydrogen (secondary N) is 1. The Kier molecular flexibility index (Phi) is 5.82. The molecular weight excluding hydrogens is 388 g/mol. The third-order valence-corrected chi connectivity index (χ3v) is 6.24. The summed E-state index contributed by atoms with van der Waals surface area (Å²) in [5.41, 5.74) is 1.59. The van der Waals surface area contributed by atoms with Crippen molar-refractivity contribution in [2.45, 2.75) is 39.3 Å². The number of aromatic nitrogens is 1. The maximum absolute atomic E-state index is 12.6. The minimum atomic E-state index is -0.614. The zero-order chi connectivity index (χ0) is 20.4. The van der Waals surface area contributed by atoms with Crippen molar-refractivity contribution in [1.29, 1.82) is 0 Å². The van der Waals surface area contributed by atoms with Crippen molar-refractivity contribution in [1.82, 2.24) is 9.88 Å². The number of benzene rings is 1. The quantitative estimate of drug-likeness (QED) is 0.814. The summed E-state index contributed by atoms with van der Waals surface area (Å²) in [6.45, 7) is 6.92. The van der Waals surface area contributed by atoms with Crippen molar-refractivity contribution in [2.24, 2.45) is 5.92 Å². The first-order valence-corrected chi connectivity index (χ1v) is 10.9. The van der Waals surface area contributed by atoms with E-state index in [1.165, 1.54) is 29.1 Å². The zero-order valence-electron chi connectivity index (χ0n) is 16.8. The van der Waals surface area contributed by atoms with E-state index in [1.54, 1.807) is 19.1 Å². The summed E-state index contributed by atoms with van der Waals surface area (Å²) in [5.74, 6) is 0.917. The van der Waals surface area contributed by atoms with Gasteiger partial charge in [0.25, 0.3) is 5.91 Å². The molecule has 29 heavy (non-hydrogen) atoms.